The van der Waals surface area contributed by atoms with Gasteiger partial charge < -0.3 is 19.3 Å². The van der Waals surface area contributed by atoms with Crippen molar-refractivity contribution in [1.29, 1.82) is 0 Å². The number of carbonyl (C=O) groups is 1. The molecule has 2 heterocycles. The Bertz CT molecular complexity index is 392. The summed E-state index contributed by atoms with van der Waals surface area (Å²) in [5, 5.41) is 0. The van der Waals surface area contributed by atoms with E-state index < -0.39 is 0 Å². The van der Waals surface area contributed by atoms with Gasteiger partial charge in [0, 0.05) is 40.0 Å². The molecular weight excluding hydrogens is 292 g/mol. The van der Waals surface area contributed by atoms with Crippen molar-refractivity contribution in [2.45, 2.75) is 38.5 Å². The molecule has 0 bridgehead atoms. The van der Waals surface area contributed by atoms with Gasteiger partial charge in [-0.15, -0.1) is 0 Å². The predicted molar refractivity (Wildman–Crippen MR) is 89.3 cm³/mol. The van der Waals surface area contributed by atoms with Crippen LogP contribution in [0, 0.1) is 11.3 Å². The van der Waals surface area contributed by atoms with Crippen molar-refractivity contribution in [2.75, 3.05) is 59.7 Å². The highest BCUT2D eigenvalue weighted by molar-refractivity contribution is 5.83. The van der Waals surface area contributed by atoms with Gasteiger partial charge in [0.1, 0.15) is 0 Å². The number of nitrogens with zero attached hydrogens (tertiary/aromatic N) is 2. The van der Waals surface area contributed by atoms with Gasteiger partial charge in [-0.05, 0) is 51.1 Å². The van der Waals surface area contributed by atoms with Crippen LogP contribution in [0.4, 0.5) is 0 Å². The molecule has 1 unspecified atom stereocenters. The van der Waals surface area contributed by atoms with Crippen LogP contribution in [0.5, 0.6) is 0 Å². The predicted octanol–water partition coefficient (Wildman–Crippen LogP) is 1.76. The first-order valence-corrected chi connectivity index (χ1v) is 9.32. The molecule has 0 radical (unpaired) electrons. The Morgan fingerprint density at radius 2 is 2.09 bits per heavy atom. The molecule has 3 fully saturated rings. The minimum absolute atomic E-state index is 0.203. The number of ether oxygens (including phenoxy) is 2. The third-order valence-electron chi connectivity index (χ3n) is 5.94. The van der Waals surface area contributed by atoms with E-state index in [4.69, 9.17) is 9.47 Å². The van der Waals surface area contributed by atoms with E-state index in [1.165, 1.54) is 19.3 Å². The number of rotatable bonds is 6. The molecular formula is C18H32N2O3. The van der Waals surface area contributed by atoms with Gasteiger partial charge in [-0.3, -0.25) is 4.79 Å². The number of hydrogen-bond donors (Lipinski definition) is 0. The number of amides is 1. The van der Waals surface area contributed by atoms with E-state index in [2.05, 4.69) is 9.80 Å². The average Bonchev–Trinajstić information content (AvgIpc) is 2.92. The molecule has 1 aliphatic carbocycles. The smallest absolute Gasteiger partial charge is 0.231 e. The summed E-state index contributed by atoms with van der Waals surface area (Å²) >= 11 is 0. The fourth-order valence-electron chi connectivity index (χ4n) is 4.21. The maximum Gasteiger partial charge on any atom is 0.231 e. The Labute approximate surface area is 140 Å². The lowest BCUT2D eigenvalue weighted by molar-refractivity contribution is -0.152. The summed E-state index contributed by atoms with van der Waals surface area (Å²) < 4.78 is 10.8. The van der Waals surface area contributed by atoms with Gasteiger partial charge >= 0.3 is 0 Å². The van der Waals surface area contributed by atoms with Crippen LogP contribution in [-0.2, 0) is 14.3 Å². The standard InChI is InChI=1S/C18H32N2O3/c1-22-15-18(6-2-7-18)17(21)20-9-3-8-19(11-12-20)10-4-16-5-13-23-14-16/h16H,2-15H2,1H3. The maximum atomic E-state index is 12.9. The van der Waals surface area contributed by atoms with Gasteiger partial charge in [0.05, 0.1) is 12.0 Å². The van der Waals surface area contributed by atoms with Gasteiger partial charge in [-0.2, -0.15) is 0 Å². The lowest BCUT2D eigenvalue weighted by Gasteiger charge is -2.42. The molecule has 0 spiro atoms. The van der Waals surface area contributed by atoms with Crippen molar-refractivity contribution in [3.05, 3.63) is 0 Å². The van der Waals surface area contributed by atoms with E-state index in [1.54, 1.807) is 7.11 Å². The van der Waals surface area contributed by atoms with Crippen LogP contribution in [0.2, 0.25) is 0 Å². The first-order chi connectivity index (χ1) is 11.2. The maximum absolute atomic E-state index is 12.9. The molecule has 1 saturated carbocycles. The molecule has 5 nitrogen and oxygen atoms in total. The molecule has 2 saturated heterocycles. The van der Waals surface area contributed by atoms with Crippen LogP contribution in [0.25, 0.3) is 0 Å². The van der Waals surface area contributed by atoms with E-state index in [0.29, 0.717) is 12.5 Å². The summed E-state index contributed by atoms with van der Waals surface area (Å²) in [5.41, 5.74) is -0.203. The zero-order valence-electron chi connectivity index (χ0n) is 14.6. The monoisotopic (exact) mass is 324 g/mol. The molecule has 0 aromatic rings. The van der Waals surface area contributed by atoms with Crippen molar-refractivity contribution in [2.24, 2.45) is 11.3 Å². The zero-order chi connectivity index (χ0) is 16.1. The van der Waals surface area contributed by atoms with Gasteiger partial charge in [-0.25, -0.2) is 0 Å². The largest absolute Gasteiger partial charge is 0.384 e. The van der Waals surface area contributed by atoms with Crippen LogP contribution in [0.3, 0.4) is 0 Å². The van der Waals surface area contributed by atoms with E-state index >= 15 is 0 Å². The fourth-order valence-corrected chi connectivity index (χ4v) is 4.21. The minimum Gasteiger partial charge on any atom is -0.384 e. The number of hydrogen-bond acceptors (Lipinski definition) is 4. The Morgan fingerprint density at radius 3 is 2.74 bits per heavy atom. The Morgan fingerprint density at radius 1 is 1.22 bits per heavy atom. The molecule has 1 atom stereocenters. The van der Waals surface area contributed by atoms with Crippen molar-refractivity contribution in [3.63, 3.8) is 0 Å². The highest BCUT2D eigenvalue weighted by Gasteiger charge is 2.46. The Kier molecular flexibility index (Phi) is 5.94. The molecule has 5 heteroatoms. The van der Waals surface area contributed by atoms with E-state index in [-0.39, 0.29) is 5.41 Å². The molecule has 3 rings (SSSR count). The van der Waals surface area contributed by atoms with Gasteiger partial charge in [0.25, 0.3) is 0 Å². The zero-order valence-corrected chi connectivity index (χ0v) is 14.6. The quantitative estimate of drug-likeness (QED) is 0.747. The highest BCUT2D eigenvalue weighted by Crippen LogP contribution is 2.42. The van der Waals surface area contributed by atoms with Crippen LogP contribution in [0.1, 0.15) is 38.5 Å². The van der Waals surface area contributed by atoms with Gasteiger partial charge in [0.15, 0.2) is 0 Å². The van der Waals surface area contributed by atoms with Gasteiger partial charge in [-0.1, -0.05) is 6.42 Å². The Balaban J connectivity index is 1.46. The van der Waals surface area contributed by atoms with E-state index in [9.17, 15) is 4.79 Å². The molecule has 0 N–H and O–H groups in total. The summed E-state index contributed by atoms with van der Waals surface area (Å²) in [6.45, 7) is 7.55. The SMILES string of the molecule is COCC1(C(=O)N2CCCN(CCC3CCOC3)CC2)CCC1. The summed E-state index contributed by atoms with van der Waals surface area (Å²) in [6.07, 6.45) is 6.72. The van der Waals surface area contributed by atoms with Crippen molar-refractivity contribution >= 4 is 5.91 Å². The molecule has 3 aliphatic rings. The third kappa shape index (κ3) is 4.06. The molecule has 0 aromatic carbocycles. The number of carbonyl (C=O) groups excluding carboxylic acids is 1. The summed E-state index contributed by atoms with van der Waals surface area (Å²) in [7, 11) is 1.71. The first-order valence-electron chi connectivity index (χ1n) is 9.32. The summed E-state index contributed by atoms with van der Waals surface area (Å²) in [6, 6.07) is 0. The van der Waals surface area contributed by atoms with Crippen molar-refractivity contribution < 1.29 is 14.3 Å². The van der Waals surface area contributed by atoms with Crippen molar-refractivity contribution in [1.82, 2.24) is 9.80 Å². The summed E-state index contributed by atoms with van der Waals surface area (Å²) in [4.78, 5) is 17.6. The van der Waals surface area contributed by atoms with E-state index in [0.717, 1.165) is 71.1 Å². The number of methoxy groups -OCH3 is 1. The molecule has 0 aromatic heterocycles. The second-order valence-corrected chi connectivity index (χ2v) is 7.57. The molecule has 2 aliphatic heterocycles. The normalized spacial score (nSPS) is 28.4. The van der Waals surface area contributed by atoms with E-state index in [1.807, 2.05) is 0 Å². The first kappa shape index (κ1) is 17.2. The molecule has 1 amide bonds. The second-order valence-electron chi connectivity index (χ2n) is 7.57. The lowest BCUT2D eigenvalue weighted by atomic mass is 9.68. The third-order valence-corrected chi connectivity index (χ3v) is 5.94. The topological polar surface area (TPSA) is 42.0 Å². The summed E-state index contributed by atoms with van der Waals surface area (Å²) in [5.74, 6) is 1.09. The molecule has 132 valence electrons. The lowest BCUT2D eigenvalue weighted by Crippen LogP contribution is -2.51. The van der Waals surface area contributed by atoms with Crippen LogP contribution < -0.4 is 0 Å². The van der Waals surface area contributed by atoms with Gasteiger partial charge in [0.2, 0.25) is 5.91 Å². The minimum atomic E-state index is -0.203. The average molecular weight is 324 g/mol. The second kappa shape index (κ2) is 7.95. The van der Waals surface area contributed by atoms with Crippen LogP contribution >= 0.6 is 0 Å². The fraction of sp³-hybridized carbons (Fsp3) is 0.944. The van der Waals surface area contributed by atoms with Crippen LogP contribution in [-0.4, -0.2) is 75.4 Å². The van der Waals surface area contributed by atoms with Crippen LogP contribution in [0.15, 0.2) is 0 Å². The Hall–Kier alpha value is -0.650. The van der Waals surface area contributed by atoms with Crippen molar-refractivity contribution in [3.8, 4) is 0 Å². The highest BCUT2D eigenvalue weighted by atomic mass is 16.5. The molecule has 23 heavy (non-hydrogen) atoms.